The Morgan fingerprint density at radius 3 is 2.38 bits per heavy atom. The van der Waals surface area contributed by atoms with Gasteiger partial charge in [0.15, 0.2) is 13.1 Å². The third-order valence-electron chi connectivity index (χ3n) is 6.11. The van der Waals surface area contributed by atoms with Crippen LogP contribution in [0.5, 0.6) is 0 Å². The fraction of sp³-hybridized carbons (Fsp3) is 0.542. The quantitative estimate of drug-likeness (QED) is 0.286. The second-order valence-electron chi connectivity index (χ2n) is 8.96. The fourth-order valence-corrected chi connectivity index (χ4v) is 5.29. The van der Waals surface area contributed by atoms with Crippen molar-refractivity contribution in [2.75, 3.05) is 56.9 Å². The van der Waals surface area contributed by atoms with Gasteiger partial charge in [0.2, 0.25) is 0 Å². The fourth-order valence-electron chi connectivity index (χ4n) is 4.37. The number of amides is 3. The number of nitrogens with one attached hydrogen (secondary N) is 4. The van der Waals surface area contributed by atoms with Gasteiger partial charge in [0.05, 0.1) is 30.7 Å². The summed E-state index contributed by atoms with van der Waals surface area (Å²) in [6.07, 6.45) is 7.99. The van der Waals surface area contributed by atoms with E-state index in [-0.39, 0.29) is 30.8 Å². The van der Waals surface area contributed by atoms with Gasteiger partial charge in [-0.05, 0) is 69.6 Å². The van der Waals surface area contributed by atoms with Gasteiger partial charge in [-0.25, -0.2) is 0 Å². The molecular formula is C24H36N5O4S+. The number of anilines is 2. The highest BCUT2D eigenvalue weighted by atomic mass is 32.1. The summed E-state index contributed by atoms with van der Waals surface area (Å²) < 4.78 is 5.44. The predicted molar refractivity (Wildman–Crippen MR) is 134 cm³/mol. The highest BCUT2D eigenvalue weighted by molar-refractivity contribution is 7.13. The largest absolute Gasteiger partial charge is 0.470 e. The smallest absolute Gasteiger partial charge is 0.279 e. The van der Waals surface area contributed by atoms with E-state index >= 15 is 0 Å². The molecule has 186 valence electrons. The molecule has 0 aliphatic carbocycles. The van der Waals surface area contributed by atoms with Crippen LogP contribution in [-0.2, 0) is 9.59 Å². The van der Waals surface area contributed by atoms with Crippen LogP contribution < -0.4 is 21.3 Å². The molecule has 9 nitrogen and oxygen atoms in total. The predicted octanol–water partition coefficient (Wildman–Crippen LogP) is 2.96. The average molecular weight is 491 g/mol. The van der Waals surface area contributed by atoms with Crippen LogP contribution in [0.1, 0.15) is 47.3 Å². The summed E-state index contributed by atoms with van der Waals surface area (Å²) in [5, 5.41) is 13.7. The zero-order chi connectivity index (χ0) is 24.4. The minimum absolute atomic E-state index is 0.135. The van der Waals surface area contributed by atoms with Crippen molar-refractivity contribution in [3.63, 3.8) is 0 Å². The molecule has 1 aliphatic rings. The minimum atomic E-state index is -0.178. The Kier molecular flexibility index (Phi) is 9.67. The molecule has 0 bridgehead atoms. The van der Waals surface area contributed by atoms with Crippen LogP contribution >= 0.6 is 11.3 Å². The Hall–Kier alpha value is -2.69. The lowest BCUT2D eigenvalue weighted by molar-refractivity contribution is -0.912. The number of furan rings is 1. The number of rotatable bonds is 11. The molecule has 2 aromatic heterocycles. The van der Waals surface area contributed by atoms with Crippen LogP contribution in [0.2, 0.25) is 0 Å². The van der Waals surface area contributed by atoms with E-state index in [2.05, 4.69) is 21.3 Å². The molecule has 34 heavy (non-hydrogen) atoms. The van der Waals surface area contributed by atoms with E-state index in [1.165, 1.54) is 23.9 Å². The second-order valence-corrected chi connectivity index (χ2v) is 9.84. The Bertz CT molecular complexity index is 949. The van der Waals surface area contributed by atoms with Crippen LogP contribution in [0.15, 0.2) is 28.4 Å². The summed E-state index contributed by atoms with van der Waals surface area (Å²) in [6.45, 7) is 5.23. The molecule has 1 aliphatic heterocycles. The van der Waals surface area contributed by atoms with Crippen LogP contribution in [-0.4, -0.2) is 68.5 Å². The second kappa shape index (κ2) is 12.7. The molecule has 0 atom stereocenters. The molecule has 0 aromatic carbocycles. The van der Waals surface area contributed by atoms with E-state index in [4.69, 9.17) is 4.42 Å². The third-order valence-corrected chi connectivity index (χ3v) is 7.21. The molecule has 0 spiro atoms. The highest BCUT2D eigenvalue weighted by Gasteiger charge is 2.34. The van der Waals surface area contributed by atoms with Gasteiger partial charge >= 0.3 is 0 Å². The maximum absolute atomic E-state index is 13.2. The van der Waals surface area contributed by atoms with Gasteiger partial charge in [0.25, 0.3) is 17.7 Å². The summed E-state index contributed by atoms with van der Waals surface area (Å²) in [7, 11) is 1.87. The van der Waals surface area contributed by atoms with E-state index in [0.29, 0.717) is 27.3 Å². The van der Waals surface area contributed by atoms with Gasteiger partial charge in [0.1, 0.15) is 11.1 Å². The highest BCUT2D eigenvalue weighted by Crippen LogP contribution is 2.28. The van der Waals surface area contributed by atoms with Crippen LogP contribution in [0.3, 0.4) is 0 Å². The Morgan fingerprint density at radius 2 is 1.74 bits per heavy atom. The summed E-state index contributed by atoms with van der Waals surface area (Å²) in [5.41, 5.74) is 2.04. The summed E-state index contributed by atoms with van der Waals surface area (Å²) in [6, 6.07) is 1.70. The number of nitrogens with zero attached hydrogens (tertiary/aromatic N) is 1. The number of thiophene rings is 1. The normalized spacial score (nSPS) is 15.4. The lowest BCUT2D eigenvalue weighted by Gasteiger charge is -2.36. The van der Waals surface area contributed by atoms with E-state index in [0.717, 1.165) is 57.3 Å². The van der Waals surface area contributed by atoms with Crippen molar-refractivity contribution >= 4 is 40.4 Å². The maximum Gasteiger partial charge on any atom is 0.279 e. The first-order chi connectivity index (χ1) is 16.4. The van der Waals surface area contributed by atoms with Crippen LogP contribution in [0.4, 0.5) is 11.4 Å². The van der Waals surface area contributed by atoms with Crippen molar-refractivity contribution in [3.8, 4) is 0 Å². The number of quaternary nitrogens is 1. The first-order valence-electron chi connectivity index (χ1n) is 11.9. The molecule has 0 saturated carbocycles. The SMILES string of the molecule is CNCCCNC(=O)c1scc(C)c1NC(=O)C[N+]1(CC(=O)Nc2ccoc2)CCCCCC1. The molecular weight excluding hydrogens is 454 g/mol. The zero-order valence-electron chi connectivity index (χ0n) is 20.1. The van der Waals surface area contributed by atoms with Crippen molar-refractivity contribution in [1.82, 2.24) is 10.6 Å². The van der Waals surface area contributed by atoms with Crippen molar-refractivity contribution in [3.05, 3.63) is 34.4 Å². The van der Waals surface area contributed by atoms with Gasteiger partial charge in [-0.3, -0.25) is 14.4 Å². The molecule has 3 amide bonds. The number of likely N-dealkylation sites (tertiary alicyclic amines) is 1. The minimum Gasteiger partial charge on any atom is -0.470 e. The molecule has 1 saturated heterocycles. The van der Waals surface area contributed by atoms with Gasteiger partial charge in [-0.15, -0.1) is 11.3 Å². The molecule has 2 aromatic rings. The van der Waals surface area contributed by atoms with E-state index < -0.39 is 0 Å². The number of hydrogen-bond acceptors (Lipinski definition) is 6. The Labute approximate surface area is 204 Å². The molecule has 4 N–H and O–H groups in total. The lowest BCUT2D eigenvalue weighted by Crippen LogP contribution is -2.56. The van der Waals surface area contributed by atoms with Crippen LogP contribution in [0, 0.1) is 6.92 Å². The van der Waals surface area contributed by atoms with Crippen molar-refractivity contribution in [2.45, 2.75) is 39.0 Å². The number of hydrogen-bond donors (Lipinski definition) is 4. The van der Waals surface area contributed by atoms with Gasteiger partial charge < -0.3 is 30.2 Å². The number of carbonyl (C=O) groups excluding carboxylic acids is 3. The summed E-state index contributed by atoms with van der Waals surface area (Å²) >= 11 is 1.33. The van der Waals surface area contributed by atoms with Crippen molar-refractivity contribution in [1.29, 1.82) is 0 Å². The molecule has 10 heteroatoms. The Balaban J connectivity index is 1.67. The zero-order valence-corrected chi connectivity index (χ0v) is 20.9. The number of carbonyl (C=O) groups is 3. The first kappa shape index (κ1) is 25.9. The van der Waals surface area contributed by atoms with Gasteiger partial charge in [0, 0.05) is 6.54 Å². The third kappa shape index (κ3) is 7.41. The van der Waals surface area contributed by atoms with E-state index in [1.54, 1.807) is 6.07 Å². The number of aryl methyl sites for hydroxylation is 1. The molecule has 0 radical (unpaired) electrons. The maximum atomic E-state index is 13.2. The lowest BCUT2D eigenvalue weighted by atomic mass is 10.2. The van der Waals surface area contributed by atoms with E-state index in [9.17, 15) is 14.4 Å². The molecule has 1 fully saturated rings. The Morgan fingerprint density at radius 1 is 1.03 bits per heavy atom. The average Bonchev–Trinajstić information content (AvgIpc) is 3.37. The topological polar surface area (TPSA) is 112 Å². The van der Waals surface area contributed by atoms with Crippen molar-refractivity contribution in [2.24, 2.45) is 0 Å². The van der Waals surface area contributed by atoms with E-state index in [1.807, 2.05) is 19.4 Å². The standard InChI is InChI=1S/C24H35N5O4S/c1-18-17-34-23(24(32)26-10-7-9-25-2)22(18)28-21(31)15-29(11-5-3-4-6-12-29)14-20(30)27-19-8-13-33-16-19/h8,13,16-17,25H,3-7,9-12,14-15H2,1-2H3,(H2-,26,27,28,30,31,32)/p+1. The van der Waals surface area contributed by atoms with Crippen LogP contribution in [0.25, 0.3) is 0 Å². The van der Waals surface area contributed by atoms with Crippen molar-refractivity contribution < 1.29 is 23.3 Å². The molecule has 3 rings (SSSR count). The molecule has 0 unspecified atom stereocenters. The van der Waals surface area contributed by atoms with Gasteiger partial charge in [-0.2, -0.15) is 0 Å². The van der Waals surface area contributed by atoms with Gasteiger partial charge in [-0.1, -0.05) is 0 Å². The monoisotopic (exact) mass is 490 g/mol. The summed E-state index contributed by atoms with van der Waals surface area (Å²) in [4.78, 5) is 39.2. The molecule has 3 heterocycles. The first-order valence-corrected chi connectivity index (χ1v) is 12.8. The summed E-state index contributed by atoms with van der Waals surface area (Å²) in [5.74, 6) is -0.490.